The molecular weight excluding hydrogens is 268 g/mol. The molecule has 1 aromatic rings. The van der Waals surface area contributed by atoms with E-state index in [1.165, 1.54) is 4.57 Å². The fourth-order valence-electron chi connectivity index (χ4n) is 2.81. The number of halogens is 1. The highest BCUT2D eigenvalue weighted by Gasteiger charge is 2.31. The number of H-pyrrole nitrogens is 1. The Hall–Kier alpha value is -1.07. The van der Waals surface area contributed by atoms with Crippen LogP contribution in [0.4, 0.5) is 0 Å². The van der Waals surface area contributed by atoms with Gasteiger partial charge in [-0.05, 0) is 25.7 Å². The maximum absolute atomic E-state index is 12.5. The van der Waals surface area contributed by atoms with Crippen molar-refractivity contribution in [1.82, 2.24) is 9.55 Å². The van der Waals surface area contributed by atoms with E-state index in [2.05, 4.69) is 4.98 Å². The zero-order valence-electron chi connectivity index (χ0n) is 11.2. The van der Waals surface area contributed by atoms with Gasteiger partial charge in [0.25, 0.3) is 5.56 Å². The zero-order chi connectivity index (χ0) is 14.0. The summed E-state index contributed by atoms with van der Waals surface area (Å²) in [6.45, 7) is 1.97. The molecule has 1 aliphatic rings. The van der Waals surface area contributed by atoms with E-state index >= 15 is 0 Å². The predicted molar refractivity (Wildman–Crippen MR) is 74.0 cm³/mol. The summed E-state index contributed by atoms with van der Waals surface area (Å²) in [5.41, 5.74) is -0.223. The molecule has 106 valence electrons. The van der Waals surface area contributed by atoms with Crippen LogP contribution in [0.25, 0.3) is 0 Å². The number of ether oxygens (including phenoxy) is 1. The lowest BCUT2D eigenvalue weighted by Crippen LogP contribution is -2.42. The average Bonchev–Trinajstić information content (AvgIpc) is 2.82. The quantitative estimate of drug-likeness (QED) is 0.860. The number of nitrogens with zero attached hydrogens (tertiary/aromatic N) is 1. The molecule has 0 spiro atoms. The summed E-state index contributed by atoms with van der Waals surface area (Å²) < 4.78 is 6.66. The highest BCUT2D eigenvalue weighted by Crippen LogP contribution is 2.30. The van der Waals surface area contributed by atoms with Gasteiger partial charge >= 0.3 is 5.69 Å². The van der Waals surface area contributed by atoms with Crippen molar-refractivity contribution in [3.8, 4) is 0 Å². The van der Waals surface area contributed by atoms with Gasteiger partial charge in [-0.15, -0.1) is 0 Å². The molecule has 1 N–H and O–H groups in total. The third-order valence-corrected chi connectivity index (χ3v) is 4.05. The smallest absolute Gasteiger partial charge is 0.329 e. The fourth-order valence-corrected chi connectivity index (χ4v) is 3.06. The number of aromatic amines is 1. The number of methoxy groups -OCH3 is 1. The topological polar surface area (TPSA) is 64.1 Å². The van der Waals surface area contributed by atoms with Crippen LogP contribution < -0.4 is 11.2 Å². The molecular formula is C13H19ClN2O3. The van der Waals surface area contributed by atoms with Crippen LogP contribution in [0.1, 0.15) is 44.2 Å². The molecule has 0 bridgehead atoms. The molecule has 0 aliphatic heterocycles. The summed E-state index contributed by atoms with van der Waals surface area (Å²) >= 11 is 5.96. The van der Waals surface area contributed by atoms with E-state index in [1.54, 1.807) is 7.11 Å². The Labute approximate surface area is 116 Å². The molecule has 1 heterocycles. The molecule has 1 fully saturated rings. The normalized spacial score (nSPS) is 22.9. The maximum atomic E-state index is 12.5. The van der Waals surface area contributed by atoms with Gasteiger partial charge in [-0.1, -0.05) is 24.9 Å². The molecule has 1 saturated carbocycles. The summed E-state index contributed by atoms with van der Waals surface area (Å²) in [5, 5.41) is 0.167. The standard InChI is InChI=1S/C13H19ClN2O3/c1-3-5-8-11(14)15-13(18)16(12(8)17)9-6-4-7-10(9)19-2/h9-10H,3-7H2,1-2H3,(H,15,18). The van der Waals surface area contributed by atoms with Gasteiger partial charge in [-0.3, -0.25) is 14.3 Å². The first-order valence-electron chi connectivity index (χ1n) is 6.66. The van der Waals surface area contributed by atoms with Crippen LogP contribution in [0.5, 0.6) is 0 Å². The highest BCUT2D eigenvalue weighted by atomic mass is 35.5. The zero-order valence-corrected chi connectivity index (χ0v) is 12.0. The molecule has 2 unspecified atom stereocenters. The first-order chi connectivity index (χ1) is 9.10. The second-order valence-electron chi connectivity index (χ2n) is 4.92. The van der Waals surface area contributed by atoms with E-state index < -0.39 is 5.69 Å². The van der Waals surface area contributed by atoms with E-state index in [4.69, 9.17) is 16.3 Å². The van der Waals surface area contributed by atoms with Crippen molar-refractivity contribution < 1.29 is 4.74 Å². The van der Waals surface area contributed by atoms with Gasteiger partial charge in [-0.25, -0.2) is 4.79 Å². The Bertz CT molecular complexity index is 564. The van der Waals surface area contributed by atoms with Crippen molar-refractivity contribution in [2.45, 2.75) is 51.2 Å². The Morgan fingerprint density at radius 3 is 2.79 bits per heavy atom. The van der Waals surface area contributed by atoms with Crippen molar-refractivity contribution in [3.05, 3.63) is 31.6 Å². The van der Waals surface area contributed by atoms with Gasteiger partial charge < -0.3 is 4.74 Å². The molecule has 0 aromatic carbocycles. The minimum atomic E-state index is -0.441. The Morgan fingerprint density at radius 1 is 1.42 bits per heavy atom. The summed E-state index contributed by atoms with van der Waals surface area (Å²) in [6.07, 6.45) is 3.92. The van der Waals surface area contributed by atoms with Gasteiger partial charge in [0.2, 0.25) is 0 Å². The van der Waals surface area contributed by atoms with Gasteiger partial charge in [0.1, 0.15) is 5.15 Å². The molecule has 2 rings (SSSR count). The van der Waals surface area contributed by atoms with Crippen molar-refractivity contribution >= 4 is 11.6 Å². The first kappa shape index (κ1) is 14.3. The van der Waals surface area contributed by atoms with Gasteiger partial charge in [-0.2, -0.15) is 0 Å². The monoisotopic (exact) mass is 286 g/mol. The van der Waals surface area contributed by atoms with Crippen LogP contribution in [0.3, 0.4) is 0 Å². The van der Waals surface area contributed by atoms with Crippen molar-refractivity contribution in [1.29, 1.82) is 0 Å². The third kappa shape index (κ3) is 2.62. The number of hydrogen-bond acceptors (Lipinski definition) is 3. The van der Waals surface area contributed by atoms with E-state index in [0.717, 1.165) is 25.7 Å². The second kappa shape index (κ2) is 5.92. The minimum Gasteiger partial charge on any atom is -0.379 e. The van der Waals surface area contributed by atoms with Crippen molar-refractivity contribution in [3.63, 3.8) is 0 Å². The number of nitrogens with one attached hydrogen (secondary N) is 1. The Morgan fingerprint density at radius 2 is 2.16 bits per heavy atom. The lowest BCUT2D eigenvalue weighted by molar-refractivity contribution is 0.0722. The minimum absolute atomic E-state index is 0.0746. The third-order valence-electron chi connectivity index (χ3n) is 3.73. The van der Waals surface area contributed by atoms with Crippen LogP contribution in [0.2, 0.25) is 5.15 Å². The molecule has 0 amide bonds. The summed E-state index contributed by atoms with van der Waals surface area (Å²) in [5.74, 6) is 0. The molecule has 6 heteroatoms. The van der Waals surface area contributed by atoms with Crippen LogP contribution in [0.15, 0.2) is 9.59 Å². The number of rotatable bonds is 4. The molecule has 5 nitrogen and oxygen atoms in total. The SMILES string of the molecule is CCCc1c(Cl)[nH]c(=O)n(C2CCCC2OC)c1=O. The molecule has 19 heavy (non-hydrogen) atoms. The first-order valence-corrected chi connectivity index (χ1v) is 7.04. The Balaban J connectivity index is 2.54. The summed E-state index contributed by atoms with van der Waals surface area (Å²) in [4.78, 5) is 27.1. The average molecular weight is 287 g/mol. The summed E-state index contributed by atoms with van der Waals surface area (Å²) in [7, 11) is 1.62. The van der Waals surface area contributed by atoms with Gasteiger partial charge in [0.05, 0.1) is 17.7 Å². The molecule has 1 aromatic heterocycles. The lowest BCUT2D eigenvalue weighted by atomic mass is 10.1. The molecule has 0 saturated heterocycles. The van der Waals surface area contributed by atoms with Crippen LogP contribution in [-0.2, 0) is 11.2 Å². The van der Waals surface area contributed by atoms with E-state index in [0.29, 0.717) is 12.0 Å². The van der Waals surface area contributed by atoms with Crippen LogP contribution >= 0.6 is 11.6 Å². The van der Waals surface area contributed by atoms with Crippen LogP contribution in [-0.4, -0.2) is 22.8 Å². The molecule has 0 radical (unpaired) electrons. The van der Waals surface area contributed by atoms with E-state index in [-0.39, 0.29) is 22.9 Å². The van der Waals surface area contributed by atoms with E-state index in [9.17, 15) is 9.59 Å². The fraction of sp³-hybridized carbons (Fsp3) is 0.692. The van der Waals surface area contributed by atoms with Crippen molar-refractivity contribution in [2.75, 3.05) is 7.11 Å². The highest BCUT2D eigenvalue weighted by molar-refractivity contribution is 6.30. The van der Waals surface area contributed by atoms with Crippen LogP contribution in [0, 0.1) is 0 Å². The number of hydrogen-bond donors (Lipinski definition) is 1. The second-order valence-corrected chi connectivity index (χ2v) is 5.30. The number of aromatic nitrogens is 2. The van der Waals surface area contributed by atoms with Gasteiger partial charge in [0.15, 0.2) is 0 Å². The molecule has 1 aliphatic carbocycles. The van der Waals surface area contributed by atoms with Crippen molar-refractivity contribution in [2.24, 2.45) is 0 Å². The summed E-state index contributed by atoms with van der Waals surface area (Å²) in [6, 6.07) is -0.186. The van der Waals surface area contributed by atoms with E-state index in [1.807, 2.05) is 6.92 Å². The largest absolute Gasteiger partial charge is 0.379 e. The molecule has 2 atom stereocenters. The lowest BCUT2D eigenvalue weighted by Gasteiger charge is -2.20. The predicted octanol–water partition coefficient (Wildman–Crippen LogP) is 1.88. The van der Waals surface area contributed by atoms with Gasteiger partial charge in [0, 0.05) is 7.11 Å². The Kier molecular flexibility index (Phi) is 4.47. The maximum Gasteiger partial charge on any atom is 0.329 e.